The zero-order valence-corrected chi connectivity index (χ0v) is 15.8. The van der Waals surface area contributed by atoms with Gasteiger partial charge in [0, 0.05) is 5.56 Å². The van der Waals surface area contributed by atoms with Crippen LogP contribution in [0.4, 0.5) is 21.1 Å². The lowest BCUT2D eigenvalue weighted by Crippen LogP contribution is -2.26. The molecule has 4 rings (SSSR count). The molecule has 1 fully saturated rings. The van der Waals surface area contributed by atoms with E-state index in [0.717, 1.165) is 5.56 Å². The highest BCUT2D eigenvalue weighted by Crippen LogP contribution is 2.21. The van der Waals surface area contributed by atoms with Crippen molar-refractivity contribution in [2.45, 2.75) is 19.9 Å². The molecule has 3 aromatic rings. The number of benzene rings is 1. The Hall–Kier alpha value is -3.69. The van der Waals surface area contributed by atoms with E-state index in [1.165, 1.54) is 17.3 Å². The third kappa shape index (κ3) is 3.96. The largest absolute Gasteiger partial charge is 0.447 e. The Balaban J connectivity index is 1.48. The number of hydrogen-bond donors (Lipinski definition) is 1. The molecule has 1 aliphatic heterocycles. The molecule has 3 heterocycles. The number of carbonyl (C=O) groups excluding carboxylic acids is 1. The fraction of sp³-hybridized carbons (Fsp3) is 0.263. The van der Waals surface area contributed by atoms with Crippen LogP contribution in [-0.2, 0) is 4.74 Å². The second-order valence-electron chi connectivity index (χ2n) is 6.53. The predicted octanol–water partition coefficient (Wildman–Crippen LogP) is 2.91. The first-order chi connectivity index (χ1) is 14.0. The quantitative estimate of drug-likeness (QED) is 0.703. The van der Waals surface area contributed by atoms with E-state index < -0.39 is 6.09 Å². The molecule has 0 unspecified atom stereocenters. The Kier molecular flexibility index (Phi) is 4.98. The van der Waals surface area contributed by atoms with Crippen molar-refractivity contribution in [1.29, 1.82) is 0 Å². The molecule has 29 heavy (non-hydrogen) atoms. The Morgan fingerprint density at radius 3 is 2.76 bits per heavy atom. The summed E-state index contributed by atoms with van der Waals surface area (Å²) >= 11 is 0. The molecule has 1 saturated heterocycles. The summed E-state index contributed by atoms with van der Waals surface area (Å²) in [4.78, 5) is 34.2. The highest BCUT2D eigenvalue weighted by atomic mass is 19.1. The first-order valence-electron chi connectivity index (χ1n) is 8.99. The zero-order valence-electron chi connectivity index (χ0n) is 15.8. The maximum atomic E-state index is 13.5. The van der Waals surface area contributed by atoms with Crippen molar-refractivity contribution >= 4 is 18.0 Å². The molecule has 2 aromatic heterocycles. The predicted molar refractivity (Wildman–Crippen MR) is 103 cm³/mol. The van der Waals surface area contributed by atoms with Gasteiger partial charge in [-0.3, -0.25) is 9.97 Å². The first-order valence-corrected chi connectivity index (χ1v) is 8.99. The van der Waals surface area contributed by atoms with Gasteiger partial charge < -0.3 is 10.1 Å². The smallest absolute Gasteiger partial charge is 0.416 e. The van der Waals surface area contributed by atoms with Crippen LogP contribution in [0.3, 0.4) is 0 Å². The van der Waals surface area contributed by atoms with Crippen LogP contribution < -0.4 is 10.2 Å². The normalized spacial score (nSPS) is 14.6. The number of nitrogens with zero attached hydrogens (tertiary/aromatic N) is 6. The number of carbonyl (C=O) groups is 1. The van der Waals surface area contributed by atoms with Gasteiger partial charge >= 0.3 is 6.09 Å². The molecule has 1 atom stereocenters. The summed E-state index contributed by atoms with van der Waals surface area (Å²) in [5, 5.41) is 3.12. The average Bonchev–Trinajstić information content (AvgIpc) is 3.16. The lowest BCUT2D eigenvalue weighted by molar-refractivity contribution is 0.181. The van der Waals surface area contributed by atoms with Gasteiger partial charge in [0.05, 0.1) is 36.4 Å². The molecule has 1 amide bonds. The van der Waals surface area contributed by atoms with Gasteiger partial charge in [-0.05, 0) is 37.6 Å². The standard InChI is InChI=1S/C19H18FN7O2/c1-11-7-13(3-4-14(11)20)16-9-21-15(8-22-16)12(2)25-17-23-10-24-18(26-17)27-5-6-29-19(27)28/h3-4,7-10,12H,5-6H2,1-2H3,(H,23,24,25,26)/t12-/m0/s1. The number of aromatic nitrogens is 5. The lowest BCUT2D eigenvalue weighted by atomic mass is 10.1. The van der Waals surface area contributed by atoms with Crippen LogP contribution in [0.5, 0.6) is 0 Å². The molecule has 0 saturated carbocycles. The first kappa shape index (κ1) is 18.7. The topological polar surface area (TPSA) is 106 Å². The molecule has 1 aliphatic rings. The molecule has 0 aliphatic carbocycles. The molecule has 1 aromatic carbocycles. The number of hydrogen-bond acceptors (Lipinski definition) is 8. The van der Waals surface area contributed by atoms with Crippen molar-refractivity contribution in [1.82, 2.24) is 24.9 Å². The molecular weight excluding hydrogens is 377 g/mol. The van der Waals surface area contributed by atoms with E-state index in [1.807, 2.05) is 6.92 Å². The number of aryl methyl sites for hydroxylation is 1. The molecular formula is C19H18FN7O2. The van der Waals surface area contributed by atoms with Gasteiger partial charge in [0.1, 0.15) is 18.8 Å². The van der Waals surface area contributed by atoms with Crippen molar-refractivity contribution < 1.29 is 13.9 Å². The average molecular weight is 395 g/mol. The molecule has 10 heteroatoms. The van der Waals surface area contributed by atoms with E-state index in [2.05, 4.69) is 30.2 Å². The molecule has 0 bridgehead atoms. The van der Waals surface area contributed by atoms with Crippen LogP contribution in [0, 0.1) is 12.7 Å². The van der Waals surface area contributed by atoms with Crippen LogP contribution >= 0.6 is 0 Å². The third-order valence-corrected chi connectivity index (χ3v) is 4.48. The number of nitrogens with one attached hydrogen (secondary N) is 1. The second kappa shape index (κ2) is 7.74. The van der Waals surface area contributed by atoms with E-state index in [0.29, 0.717) is 36.1 Å². The van der Waals surface area contributed by atoms with E-state index in [4.69, 9.17) is 4.74 Å². The van der Waals surface area contributed by atoms with Gasteiger partial charge in [0.25, 0.3) is 0 Å². The van der Waals surface area contributed by atoms with Gasteiger partial charge in [0.2, 0.25) is 11.9 Å². The van der Waals surface area contributed by atoms with Gasteiger partial charge in [0.15, 0.2) is 0 Å². The highest BCUT2D eigenvalue weighted by molar-refractivity contribution is 5.87. The summed E-state index contributed by atoms with van der Waals surface area (Å²) in [6.07, 6.45) is 4.13. The lowest BCUT2D eigenvalue weighted by Gasteiger charge is -2.15. The van der Waals surface area contributed by atoms with E-state index in [1.54, 1.807) is 31.5 Å². The van der Waals surface area contributed by atoms with Crippen molar-refractivity contribution in [2.24, 2.45) is 0 Å². The summed E-state index contributed by atoms with van der Waals surface area (Å²) in [5.74, 6) is 0.280. The number of anilines is 2. The third-order valence-electron chi connectivity index (χ3n) is 4.48. The molecule has 1 N–H and O–H groups in total. The minimum Gasteiger partial charge on any atom is -0.447 e. The van der Waals surface area contributed by atoms with E-state index in [-0.39, 0.29) is 17.8 Å². The SMILES string of the molecule is Cc1cc(-c2cnc([C@H](C)Nc3ncnc(N4CCOC4=O)n3)cn2)ccc1F. The Labute approximate surface area is 166 Å². The minimum absolute atomic E-state index is 0.227. The van der Waals surface area contributed by atoms with Gasteiger partial charge in [-0.25, -0.2) is 24.1 Å². The van der Waals surface area contributed by atoms with Crippen molar-refractivity contribution in [3.63, 3.8) is 0 Å². The van der Waals surface area contributed by atoms with E-state index >= 15 is 0 Å². The number of ether oxygens (including phenoxy) is 1. The fourth-order valence-electron chi connectivity index (χ4n) is 2.84. The van der Waals surface area contributed by atoms with Crippen LogP contribution in [-0.4, -0.2) is 44.2 Å². The van der Waals surface area contributed by atoms with Crippen LogP contribution in [0.25, 0.3) is 11.3 Å². The Morgan fingerprint density at radius 2 is 2.07 bits per heavy atom. The summed E-state index contributed by atoms with van der Waals surface area (Å²) in [5.41, 5.74) is 2.67. The van der Waals surface area contributed by atoms with Crippen molar-refractivity contribution in [3.8, 4) is 11.3 Å². The second-order valence-corrected chi connectivity index (χ2v) is 6.53. The van der Waals surface area contributed by atoms with Crippen LogP contribution in [0.2, 0.25) is 0 Å². The maximum Gasteiger partial charge on any atom is 0.416 e. The molecule has 0 radical (unpaired) electrons. The number of amides is 1. The number of cyclic esters (lactones) is 1. The summed E-state index contributed by atoms with van der Waals surface area (Å²) in [6, 6.07) is 4.57. The minimum atomic E-state index is -0.479. The molecule has 148 valence electrons. The summed E-state index contributed by atoms with van der Waals surface area (Å²) in [7, 11) is 0. The van der Waals surface area contributed by atoms with E-state index in [9.17, 15) is 9.18 Å². The van der Waals surface area contributed by atoms with Crippen LogP contribution in [0.1, 0.15) is 24.2 Å². The summed E-state index contributed by atoms with van der Waals surface area (Å²) < 4.78 is 18.3. The highest BCUT2D eigenvalue weighted by Gasteiger charge is 2.26. The molecule has 0 spiro atoms. The number of rotatable bonds is 5. The maximum absolute atomic E-state index is 13.5. The van der Waals surface area contributed by atoms with Crippen molar-refractivity contribution in [3.05, 3.63) is 54.0 Å². The van der Waals surface area contributed by atoms with Gasteiger partial charge in [-0.15, -0.1) is 0 Å². The molecule has 9 nitrogen and oxygen atoms in total. The van der Waals surface area contributed by atoms with Crippen molar-refractivity contribution in [2.75, 3.05) is 23.4 Å². The van der Waals surface area contributed by atoms with Crippen LogP contribution in [0.15, 0.2) is 36.9 Å². The zero-order chi connectivity index (χ0) is 20.4. The number of halogens is 1. The van der Waals surface area contributed by atoms with Gasteiger partial charge in [-0.2, -0.15) is 4.98 Å². The Bertz CT molecular complexity index is 1040. The Morgan fingerprint density at radius 1 is 1.21 bits per heavy atom. The fourth-order valence-corrected chi connectivity index (χ4v) is 2.84. The van der Waals surface area contributed by atoms with Gasteiger partial charge in [-0.1, -0.05) is 0 Å². The summed E-state index contributed by atoms with van der Waals surface area (Å²) in [6.45, 7) is 4.30. The monoisotopic (exact) mass is 395 g/mol.